The number of nitrogens with zero attached hydrogens (tertiary/aromatic N) is 1. The van der Waals surface area contributed by atoms with Crippen molar-refractivity contribution < 1.29 is 35.5 Å². The fraction of sp³-hybridized carbons (Fsp3) is 0.533. The van der Waals surface area contributed by atoms with Crippen LogP contribution in [0.25, 0.3) is 11.1 Å². The summed E-state index contributed by atoms with van der Waals surface area (Å²) in [5.41, 5.74) is 4.88. The topological polar surface area (TPSA) is 57.6 Å². The molecule has 1 aliphatic carbocycles. The summed E-state index contributed by atoms with van der Waals surface area (Å²) in [6.07, 6.45) is 1.33. The molecule has 2 aromatic rings. The minimum absolute atomic E-state index is 0.206. The first-order valence-corrected chi connectivity index (χ1v) is 15.6. The minimum atomic E-state index is -4.47. The maximum Gasteiger partial charge on any atom is 0.390 e. The van der Waals surface area contributed by atoms with Crippen LogP contribution in [0, 0.1) is 11.6 Å². The summed E-state index contributed by atoms with van der Waals surface area (Å²) in [4.78, 5) is 2.00. The van der Waals surface area contributed by atoms with Crippen LogP contribution in [0.1, 0.15) is 74.5 Å². The van der Waals surface area contributed by atoms with Gasteiger partial charge >= 0.3 is 6.18 Å². The van der Waals surface area contributed by atoms with Crippen molar-refractivity contribution in [3.8, 4) is 5.75 Å². The Hall–Kier alpha value is -2.46. The Bertz CT molecular complexity index is 1270. The van der Waals surface area contributed by atoms with E-state index in [-0.39, 0.29) is 11.5 Å². The first-order valence-electron chi connectivity index (χ1n) is 13.8. The number of alkyl halides is 3. The monoisotopic (exact) mass is 587 g/mol. The number of aromatic hydroxyl groups is 1. The normalized spacial score (nSPS) is 14.5. The second kappa shape index (κ2) is 14.4. The highest BCUT2D eigenvalue weighted by Gasteiger charge is 2.29. The van der Waals surface area contributed by atoms with Crippen molar-refractivity contribution in [2.45, 2.75) is 70.4 Å². The fourth-order valence-electron chi connectivity index (χ4n) is 5.21. The zero-order chi connectivity index (χ0) is 29.3. The van der Waals surface area contributed by atoms with Crippen molar-refractivity contribution in [2.75, 3.05) is 31.6 Å². The van der Waals surface area contributed by atoms with E-state index in [1.54, 1.807) is 18.2 Å². The number of sulfone groups is 1. The van der Waals surface area contributed by atoms with E-state index in [1.165, 1.54) is 6.07 Å². The predicted octanol–water partition coefficient (Wildman–Crippen LogP) is 7.56. The Morgan fingerprint density at radius 1 is 0.875 bits per heavy atom. The molecule has 1 N–H and O–H groups in total. The van der Waals surface area contributed by atoms with Gasteiger partial charge in [-0.1, -0.05) is 25.0 Å². The van der Waals surface area contributed by atoms with E-state index < -0.39 is 39.8 Å². The molecule has 0 unspecified atom stereocenters. The molecule has 0 atom stereocenters. The molecule has 0 saturated carbocycles. The van der Waals surface area contributed by atoms with E-state index in [0.29, 0.717) is 18.5 Å². The van der Waals surface area contributed by atoms with Gasteiger partial charge in [0.25, 0.3) is 0 Å². The molecule has 0 amide bonds. The lowest BCUT2D eigenvalue weighted by Crippen LogP contribution is -2.24. The third-order valence-corrected chi connectivity index (χ3v) is 9.06. The lowest BCUT2D eigenvalue weighted by Gasteiger charge is -2.18. The van der Waals surface area contributed by atoms with Crippen molar-refractivity contribution in [2.24, 2.45) is 0 Å². The van der Waals surface area contributed by atoms with E-state index in [1.807, 2.05) is 18.0 Å². The van der Waals surface area contributed by atoms with Gasteiger partial charge in [-0.15, -0.1) is 0 Å². The van der Waals surface area contributed by atoms with Gasteiger partial charge in [0, 0.05) is 0 Å². The number of unbranched alkanes of at least 4 members (excludes halogenated alkanes) is 3. The van der Waals surface area contributed by atoms with Crippen molar-refractivity contribution in [3.05, 3.63) is 64.7 Å². The highest BCUT2D eigenvalue weighted by atomic mass is 32.2. The molecule has 0 saturated heterocycles. The third-order valence-electron chi connectivity index (χ3n) is 7.33. The molecule has 0 bridgehead atoms. The van der Waals surface area contributed by atoms with E-state index >= 15 is 0 Å². The molecule has 0 spiro atoms. The van der Waals surface area contributed by atoms with Gasteiger partial charge < -0.3 is 10.0 Å². The lowest BCUT2D eigenvalue weighted by atomic mass is 9.89. The molecular formula is C30H38F5NO3S. The summed E-state index contributed by atoms with van der Waals surface area (Å²) in [6.45, 7) is 1.26. The number of benzene rings is 2. The van der Waals surface area contributed by atoms with Crippen molar-refractivity contribution >= 4 is 21.0 Å². The SMILES string of the molecule is CN(CCCCCCC1=C(c2ccc(F)c(F)c2)CCCc2cc(O)ccc21)CCCS(=O)(=O)CCC(F)(F)F. The maximum absolute atomic E-state index is 14.1. The van der Waals surface area contributed by atoms with Crippen LogP contribution in [0.2, 0.25) is 0 Å². The summed E-state index contributed by atoms with van der Waals surface area (Å²) < 4.78 is 88.2. The van der Waals surface area contributed by atoms with Crippen LogP contribution in [-0.4, -0.2) is 56.2 Å². The van der Waals surface area contributed by atoms with Crippen LogP contribution in [-0.2, 0) is 16.3 Å². The quantitative estimate of drug-likeness (QED) is 0.183. The number of halogens is 5. The summed E-state index contributed by atoms with van der Waals surface area (Å²) in [5.74, 6) is -2.65. The number of phenolic OH excluding ortho intramolecular Hbond substituents is 1. The number of aryl methyl sites for hydroxylation is 1. The highest BCUT2D eigenvalue weighted by molar-refractivity contribution is 7.91. The molecule has 222 valence electrons. The number of hydrogen-bond acceptors (Lipinski definition) is 4. The Morgan fingerprint density at radius 3 is 2.33 bits per heavy atom. The molecule has 1 aliphatic rings. The van der Waals surface area contributed by atoms with Crippen LogP contribution in [0.5, 0.6) is 5.75 Å². The average Bonchev–Trinajstić information content (AvgIpc) is 3.05. The van der Waals surface area contributed by atoms with Gasteiger partial charge in [-0.05, 0) is 117 Å². The lowest BCUT2D eigenvalue weighted by molar-refractivity contribution is -0.129. The van der Waals surface area contributed by atoms with Gasteiger partial charge in [-0.3, -0.25) is 0 Å². The number of hydrogen-bond donors (Lipinski definition) is 1. The van der Waals surface area contributed by atoms with Crippen molar-refractivity contribution in [1.29, 1.82) is 0 Å². The van der Waals surface area contributed by atoms with Crippen LogP contribution in [0.15, 0.2) is 36.4 Å². The van der Waals surface area contributed by atoms with Gasteiger partial charge in [0.1, 0.15) is 5.75 Å². The third kappa shape index (κ3) is 10.2. The van der Waals surface area contributed by atoms with E-state index in [4.69, 9.17) is 0 Å². The van der Waals surface area contributed by atoms with Gasteiger partial charge in [0.05, 0.1) is 17.9 Å². The van der Waals surface area contributed by atoms with E-state index in [9.17, 15) is 35.5 Å². The summed E-state index contributed by atoms with van der Waals surface area (Å²) >= 11 is 0. The van der Waals surface area contributed by atoms with Gasteiger partial charge in [0.15, 0.2) is 21.5 Å². The molecule has 0 fully saturated rings. The molecule has 3 rings (SSSR count). The van der Waals surface area contributed by atoms with Gasteiger partial charge in [-0.25, -0.2) is 17.2 Å². The molecule has 0 radical (unpaired) electrons. The number of fused-ring (bicyclic) bond motifs is 1. The Labute approximate surface area is 233 Å². The smallest absolute Gasteiger partial charge is 0.390 e. The van der Waals surface area contributed by atoms with Gasteiger partial charge in [-0.2, -0.15) is 13.2 Å². The van der Waals surface area contributed by atoms with Crippen molar-refractivity contribution in [1.82, 2.24) is 4.90 Å². The summed E-state index contributed by atoms with van der Waals surface area (Å²) in [7, 11) is -1.84. The van der Waals surface area contributed by atoms with E-state index in [0.717, 1.165) is 86.3 Å². The van der Waals surface area contributed by atoms with Crippen molar-refractivity contribution in [3.63, 3.8) is 0 Å². The fourth-order valence-corrected chi connectivity index (χ4v) is 6.53. The molecule has 4 nitrogen and oxygen atoms in total. The molecule has 2 aromatic carbocycles. The van der Waals surface area contributed by atoms with Crippen LogP contribution >= 0.6 is 0 Å². The zero-order valence-corrected chi connectivity index (χ0v) is 23.7. The Balaban J connectivity index is 1.51. The predicted molar refractivity (Wildman–Crippen MR) is 149 cm³/mol. The molecule has 40 heavy (non-hydrogen) atoms. The molecule has 0 heterocycles. The second-order valence-electron chi connectivity index (χ2n) is 10.6. The zero-order valence-electron chi connectivity index (χ0n) is 22.9. The van der Waals surface area contributed by atoms with Crippen LogP contribution in [0.3, 0.4) is 0 Å². The Kier molecular flexibility index (Phi) is 11.6. The number of phenols is 1. The standard InChI is InChI=1S/C30H38F5NO3S/c1-36(17-7-18-40(38,39)19-15-30(33,34)35)16-5-3-2-4-9-27-25(23-11-14-28(31)29(32)21-23)10-6-8-22-20-24(37)12-13-26(22)27/h11-14,20-21,37H,2-10,15-19H2,1H3. The molecule has 10 heteroatoms. The number of rotatable bonds is 14. The van der Waals surface area contributed by atoms with E-state index in [2.05, 4.69) is 0 Å². The summed E-state index contributed by atoms with van der Waals surface area (Å²) in [5, 5.41) is 10.00. The average molecular weight is 588 g/mol. The minimum Gasteiger partial charge on any atom is -0.508 e. The molecular weight excluding hydrogens is 549 g/mol. The van der Waals surface area contributed by atoms with Gasteiger partial charge in [0.2, 0.25) is 0 Å². The number of allylic oxidation sites excluding steroid dienone is 2. The largest absolute Gasteiger partial charge is 0.508 e. The Morgan fingerprint density at radius 2 is 1.60 bits per heavy atom. The summed E-state index contributed by atoms with van der Waals surface area (Å²) in [6, 6.07) is 9.38. The molecule has 0 aromatic heterocycles. The highest BCUT2D eigenvalue weighted by Crippen LogP contribution is 2.40. The molecule has 0 aliphatic heterocycles. The first kappa shape index (κ1) is 32.1. The van der Waals surface area contributed by atoms with Crippen LogP contribution < -0.4 is 0 Å². The van der Waals surface area contributed by atoms with Crippen LogP contribution in [0.4, 0.5) is 22.0 Å². The first-order chi connectivity index (χ1) is 18.8. The second-order valence-corrected chi connectivity index (χ2v) is 12.9. The maximum atomic E-state index is 14.1.